The van der Waals surface area contributed by atoms with Crippen molar-refractivity contribution in [3.8, 4) is 17.3 Å². The lowest BCUT2D eigenvalue weighted by molar-refractivity contribution is -0.141. The lowest BCUT2D eigenvalue weighted by Crippen LogP contribution is -2.06. The summed E-state index contributed by atoms with van der Waals surface area (Å²) in [5, 5.41) is 11.9. The van der Waals surface area contributed by atoms with Crippen molar-refractivity contribution in [3.05, 3.63) is 41.3 Å². The molecule has 0 bridgehead atoms. The summed E-state index contributed by atoms with van der Waals surface area (Å²) in [7, 11) is 1.33. The number of rotatable bonds is 1. The van der Waals surface area contributed by atoms with Gasteiger partial charge in [0.2, 0.25) is 0 Å². The lowest BCUT2D eigenvalue weighted by atomic mass is 10.1. The van der Waals surface area contributed by atoms with E-state index in [-0.39, 0.29) is 16.8 Å². The van der Waals surface area contributed by atoms with Gasteiger partial charge in [-0.2, -0.15) is 23.5 Å². The summed E-state index contributed by atoms with van der Waals surface area (Å²) in [5.74, 6) is -0.783. The average Bonchev–Trinajstić information content (AvgIpc) is 2.71. The SMILES string of the molecule is Cn1nc(C(F)(F)F)cc1-c1ccc(C#N)c(F)c1. The van der Waals surface area contributed by atoms with E-state index in [1.807, 2.05) is 0 Å². The molecule has 19 heavy (non-hydrogen) atoms. The monoisotopic (exact) mass is 269 g/mol. The summed E-state index contributed by atoms with van der Waals surface area (Å²) < 4.78 is 52.0. The van der Waals surface area contributed by atoms with Gasteiger partial charge in [-0.05, 0) is 18.2 Å². The molecule has 0 radical (unpaired) electrons. The molecule has 0 unspecified atom stereocenters. The zero-order valence-electron chi connectivity index (χ0n) is 9.66. The minimum absolute atomic E-state index is 0.121. The topological polar surface area (TPSA) is 41.6 Å². The first-order valence-electron chi connectivity index (χ1n) is 5.14. The molecule has 0 amide bonds. The van der Waals surface area contributed by atoms with E-state index in [2.05, 4.69) is 5.10 Å². The average molecular weight is 269 g/mol. The third-order valence-electron chi connectivity index (χ3n) is 2.56. The summed E-state index contributed by atoms with van der Waals surface area (Å²) in [6, 6.07) is 6.07. The number of hydrogen-bond donors (Lipinski definition) is 0. The summed E-state index contributed by atoms with van der Waals surface area (Å²) in [6.45, 7) is 0. The molecule has 0 fully saturated rings. The van der Waals surface area contributed by atoms with Gasteiger partial charge < -0.3 is 0 Å². The highest BCUT2D eigenvalue weighted by atomic mass is 19.4. The fraction of sp³-hybridized carbons (Fsp3) is 0.167. The van der Waals surface area contributed by atoms with Gasteiger partial charge in [0.25, 0.3) is 0 Å². The highest BCUT2D eigenvalue weighted by Gasteiger charge is 2.34. The van der Waals surface area contributed by atoms with Crippen LogP contribution in [0.2, 0.25) is 0 Å². The molecular weight excluding hydrogens is 262 g/mol. The molecule has 0 N–H and O–H groups in total. The van der Waals surface area contributed by atoms with Crippen LogP contribution in [-0.4, -0.2) is 9.78 Å². The molecule has 0 aliphatic heterocycles. The second-order valence-corrected chi connectivity index (χ2v) is 3.84. The number of alkyl halides is 3. The molecule has 0 saturated heterocycles. The van der Waals surface area contributed by atoms with Crippen LogP contribution in [0.3, 0.4) is 0 Å². The molecule has 0 atom stereocenters. The van der Waals surface area contributed by atoms with Gasteiger partial charge in [0, 0.05) is 12.6 Å². The molecule has 2 aromatic rings. The standard InChI is InChI=1S/C12H7F4N3/c1-19-10(5-11(18-19)12(14,15)16)7-2-3-8(6-17)9(13)4-7/h2-5H,1H3. The second kappa shape index (κ2) is 4.39. The van der Waals surface area contributed by atoms with Crippen molar-refractivity contribution in [2.24, 2.45) is 7.05 Å². The smallest absolute Gasteiger partial charge is 0.267 e. The van der Waals surface area contributed by atoms with Gasteiger partial charge in [0.05, 0.1) is 11.3 Å². The van der Waals surface area contributed by atoms with Gasteiger partial charge in [0.1, 0.15) is 11.9 Å². The summed E-state index contributed by atoms with van der Waals surface area (Å²) in [5.41, 5.74) is -0.866. The number of hydrogen-bond acceptors (Lipinski definition) is 2. The number of nitriles is 1. The predicted molar refractivity (Wildman–Crippen MR) is 58.3 cm³/mol. The van der Waals surface area contributed by atoms with Crippen molar-refractivity contribution in [1.29, 1.82) is 5.26 Å². The zero-order chi connectivity index (χ0) is 14.2. The maximum absolute atomic E-state index is 13.4. The zero-order valence-corrected chi connectivity index (χ0v) is 9.66. The Kier molecular flexibility index (Phi) is 3.02. The Labute approximate surface area is 105 Å². The Balaban J connectivity index is 2.51. The normalized spacial score (nSPS) is 11.4. The minimum Gasteiger partial charge on any atom is -0.267 e. The van der Waals surface area contributed by atoms with Crippen LogP contribution in [0.15, 0.2) is 24.3 Å². The maximum atomic E-state index is 13.4. The summed E-state index contributed by atoms with van der Waals surface area (Å²) >= 11 is 0. The van der Waals surface area contributed by atoms with Crippen LogP contribution in [0.5, 0.6) is 0 Å². The molecule has 1 aromatic carbocycles. The van der Waals surface area contributed by atoms with Gasteiger partial charge >= 0.3 is 6.18 Å². The molecular formula is C12H7F4N3. The van der Waals surface area contributed by atoms with Crippen molar-refractivity contribution in [2.45, 2.75) is 6.18 Å². The fourth-order valence-electron chi connectivity index (χ4n) is 1.64. The minimum atomic E-state index is -4.55. The Bertz CT molecular complexity index is 665. The Hall–Kier alpha value is -2.36. The fourth-order valence-corrected chi connectivity index (χ4v) is 1.64. The second-order valence-electron chi connectivity index (χ2n) is 3.84. The Morgan fingerprint density at radius 2 is 1.95 bits per heavy atom. The van der Waals surface area contributed by atoms with Gasteiger partial charge in [-0.1, -0.05) is 6.07 Å². The number of aryl methyl sites for hydroxylation is 1. The van der Waals surface area contributed by atoms with Crippen molar-refractivity contribution < 1.29 is 17.6 Å². The first-order valence-corrected chi connectivity index (χ1v) is 5.14. The first kappa shape index (κ1) is 13.1. The molecule has 7 heteroatoms. The molecule has 0 saturated carbocycles. The van der Waals surface area contributed by atoms with Gasteiger partial charge in [-0.25, -0.2) is 4.39 Å². The quantitative estimate of drug-likeness (QED) is 0.746. The van der Waals surface area contributed by atoms with E-state index >= 15 is 0 Å². The molecule has 1 heterocycles. The third kappa shape index (κ3) is 2.42. The molecule has 3 nitrogen and oxygen atoms in total. The van der Waals surface area contributed by atoms with Crippen LogP contribution in [0.4, 0.5) is 17.6 Å². The van der Waals surface area contributed by atoms with Crippen LogP contribution in [0, 0.1) is 17.1 Å². The van der Waals surface area contributed by atoms with Crippen LogP contribution in [0.25, 0.3) is 11.3 Å². The highest BCUT2D eigenvalue weighted by Crippen LogP contribution is 2.31. The van der Waals surface area contributed by atoms with Crippen LogP contribution in [-0.2, 0) is 13.2 Å². The Morgan fingerprint density at radius 1 is 1.26 bits per heavy atom. The summed E-state index contributed by atoms with van der Waals surface area (Å²) in [6.07, 6.45) is -4.55. The van der Waals surface area contributed by atoms with Crippen LogP contribution < -0.4 is 0 Å². The first-order chi connectivity index (χ1) is 8.82. The van der Waals surface area contributed by atoms with Crippen molar-refractivity contribution in [2.75, 3.05) is 0 Å². The number of halogens is 4. The molecule has 1 aromatic heterocycles. The number of benzene rings is 1. The molecule has 0 spiro atoms. The molecule has 0 aliphatic carbocycles. The number of aromatic nitrogens is 2. The predicted octanol–water partition coefficient (Wildman–Crippen LogP) is 3.12. The van der Waals surface area contributed by atoms with Crippen molar-refractivity contribution in [1.82, 2.24) is 9.78 Å². The van der Waals surface area contributed by atoms with Crippen LogP contribution in [0.1, 0.15) is 11.3 Å². The van der Waals surface area contributed by atoms with Gasteiger partial charge in [-0.15, -0.1) is 0 Å². The summed E-state index contributed by atoms with van der Waals surface area (Å²) in [4.78, 5) is 0. The van der Waals surface area contributed by atoms with Crippen molar-refractivity contribution in [3.63, 3.8) is 0 Å². The lowest BCUT2D eigenvalue weighted by Gasteiger charge is -2.02. The third-order valence-corrected chi connectivity index (χ3v) is 2.56. The van der Waals surface area contributed by atoms with Crippen molar-refractivity contribution >= 4 is 0 Å². The van der Waals surface area contributed by atoms with E-state index in [0.29, 0.717) is 0 Å². The number of nitrogens with zero attached hydrogens (tertiary/aromatic N) is 3. The van der Waals surface area contributed by atoms with Gasteiger partial charge in [0.15, 0.2) is 5.69 Å². The van der Waals surface area contributed by atoms with E-state index in [4.69, 9.17) is 5.26 Å². The van der Waals surface area contributed by atoms with E-state index in [0.717, 1.165) is 16.8 Å². The van der Waals surface area contributed by atoms with Crippen LogP contribution >= 0.6 is 0 Å². The van der Waals surface area contributed by atoms with Gasteiger partial charge in [-0.3, -0.25) is 4.68 Å². The molecule has 0 aliphatic rings. The van der Waals surface area contributed by atoms with E-state index in [1.165, 1.54) is 19.2 Å². The van der Waals surface area contributed by atoms with E-state index in [9.17, 15) is 17.6 Å². The largest absolute Gasteiger partial charge is 0.435 e. The highest BCUT2D eigenvalue weighted by molar-refractivity contribution is 5.61. The maximum Gasteiger partial charge on any atom is 0.435 e. The van der Waals surface area contributed by atoms with E-state index in [1.54, 1.807) is 6.07 Å². The van der Waals surface area contributed by atoms with E-state index < -0.39 is 17.7 Å². The Morgan fingerprint density at radius 3 is 2.42 bits per heavy atom. The molecule has 2 rings (SSSR count). The molecule has 98 valence electrons.